The molecule has 0 aliphatic heterocycles. The zero-order valence-electron chi connectivity index (χ0n) is 15.3. The molecule has 3 atom stereocenters. The summed E-state index contributed by atoms with van der Waals surface area (Å²) >= 11 is 0. The first kappa shape index (κ1) is 17.6. The molecule has 1 saturated carbocycles. The van der Waals surface area contributed by atoms with Crippen LogP contribution in [0.3, 0.4) is 0 Å². The summed E-state index contributed by atoms with van der Waals surface area (Å²) < 4.78 is 7.56. The van der Waals surface area contributed by atoms with Crippen molar-refractivity contribution in [2.24, 2.45) is 24.3 Å². The maximum Gasteiger partial charge on any atom is 0.140 e. The van der Waals surface area contributed by atoms with E-state index in [2.05, 4.69) is 30.0 Å². The van der Waals surface area contributed by atoms with Crippen LogP contribution in [0.2, 0.25) is 0 Å². The van der Waals surface area contributed by atoms with Gasteiger partial charge in [0.1, 0.15) is 12.2 Å². The van der Waals surface area contributed by atoms with Crippen molar-refractivity contribution in [2.45, 2.75) is 39.3 Å². The van der Waals surface area contributed by atoms with Gasteiger partial charge in [0.25, 0.3) is 0 Å². The van der Waals surface area contributed by atoms with E-state index in [1.165, 1.54) is 18.4 Å². The van der Waals surface area contributed by atoms with Crippen LogP contribution in [0.4, 0.5) is 0 Å². The fraction of sp³-hybridized carbons (Fsp3) is 0.778. The van der Waals surface area contributed by atoms with Crippen LogP contribution in [0.1, 0.15) is 32.5 Å². The Bertz CT molecular complexity index is 596. The van der Waals surface area contributed by atoms with E-state index in [1.807, 2.05) is 19.0 Å². The van der Waals surface area contributed by atoms with Gasteiger partial charge in [-0.3, -0.25) is 9.58 Å². The number of rotatable bonds is 8. The van der Waals surface area contributed by atoms with Crippen molar-refractivity contribution in [3.8, 4) is 0 Å². The van der Waals surface area contributed by atoms with Crippen LogP contribution in [0, 0.1) is 17.3 Å². The molecule has 3 aliphatic carbocycles. The van der Waals surface area contributed by atoms with Crippen LogP contribution in [0.5, 0.6) is 0 Å². The van der Waals surface area contributed by atoms with Crippen LogP contribution in [-0.2, 0) is 18.3 Å². The lowest BCUT2D eigenvalue weighted by Gasteiger charge is -2.56. The smallest absolute Gasteiger partial charge is 0.140 e. The fourth-order valence-corrected chi connectivity index (χ4v) is 4.14. The van der Waals surface area contributed by atoms with Crippen LogP contribution >= 0.6 is 0 Å². The minimum absolute atomic E-state index is 0.372. The molecule has 24 heavy (non-hydrogen) atoms. The quantitative estimate of drug-likeness (QED) is 0.732. The molecule has 0 spiro atoms. The van der Waals surface area contributed by atoms with E-state index in [0.717, 1.165) is 11.7 Å². The van der Waals surface area contributed by atoms with Gasteiger partial charge in [0.15, 0.2) is 0 Å². The highest BCUT2D eigenvalue weighted by Crippen LogP contribution is 2.59. The number of allylic oxidation sites excluding steroid dienone is 1. The van der Waals surface area contributed by atoms with E-state index in [4.69, 9.17) is 4.74 Å². The van der Waals surface area contributed by atoms with Gasteiger partial charge in [-0.1, -0.05) is 19.9 Å². The molecule has 2 bridgehead atoms. The molecule has 6 nitrogen and oxygen atoms in total. The Balaban J connectivity index is 1.38. The van der Waals surface area contributed by atoms with Gasteiger partial charge >= 0.3 is 0 Å². The van der Waals surface area contributed by atoms with Gasteiger partial charge in [0.05, 0.1) is 25.9 Å². The Hall–Kier alpha value is -1.24. The second-order valence-corrected chi connectivity index (χ2v) is 7.99. The van der Waals surface area contributed by atoms with Crippen molar-refractivity contribution < 1.29 is 9.84 Å². The molecule has 1 aromatic rings. The molecule has 3 unspecified atom stereocenters. The molecular weight excluding hydrogens is 304 g/mol. The van der Waals surface area contributed by atoms with E-state index in [1.54, 1.807) is 11.0 Å². The summed E-state index contributed by atoms with van der Waals surface area (Å²) in [5, 5.41) is 14.3. The maximum absolute atomic E-state index is 10.2. The van der Waals surface area contributed by atoms with E-state index in [9.17, 15) is 5.11 Å². The zero-order chi connectivity index (χ0) is 17.3. The predicted octanol–water partition coefficient (Wildman–Crippen LogP) is 1.62. The first-order valence-corrected chi connectivity index (χ1v) is 8.84. The lowest BCUT2D eigenvalue weighted by atomic mass is 9.49. The van der Waals surface area contributed by atoms with Crippen molar-refractivity contribution in [2.75, 3.05) is 26.8 Å². The summed E-state index contributed by atoms with van der Waals surface area (Å²) in [6.45, 7) is 6.99. The number of hydrogen-bond acceptors (Lipinski definition) is 5. The van der Waals surface area contributed by atoms with Crippen molar-refractivity contribution >= 4 is 0 Å². The predicted molar refractivity (Wildman–Crippen MR) is 92.2 cm³/mol. The minimum atomic E-state index is -0.491. The highest BCUT2D eigenvalue weighted by Gasteiger charge is 2.50. The van der Waals surface area contributed by atoms with E-state index in [0.29, 0.717) is 37.6 Å². The van der Waals surface area contributed by atoms with E-state index in [-0.39, 0.29) is 0 Å². The number of aliphatic hydroxyl groups excluding tert-OH is 1. The number of aryl methyl sites for hydroxylation is 1. The third-order valence-corrected chi connectivity index (χ3v) is 5.90. The summed E-state index contributed by atoms with van der Waals surface area (Å²) in [6, 6.07) is 0. The largest absolute Gasteiger partial charge is 0.389 e. The van der Waals surface area contributed by atoms with Gasteiger partial charge < -0.3 is 9.84 Å². The number of fused-ring (bicyclic) bond motifs is 1. The molecule has 4 rings (SSSR count). The fourth-order valence-electron chi connectivity index (χ4n) is 4.14. The topological polar surface area (TPSA) is 63.4 Å². The minimum Gasteiger partial charge on any atom is -0.389 e. The first-order chi connectivity index (χ1) is 11.4. The third kappa shape index (κ3) is 3.55. The van der Waals surface area contributed by atoms with Crippen molar-refractivity contribution in [1.29, 1.82) is 0 Å². The second kappa shape index (κ2) is 6.94. The van der Waals surface area contributed by atoms with Gasteiger partial charge in [-0.05, 0) is 42.7 Å². The Kier molecular flexibility index (Phi) is 5.08. The third-order valence-electron chi connectivity index (χ3n) is 5.90. The van der Waals surface area contributed by atoms with Crippen LogP contribution in [-0.4, -0.2) is 57.7 Å². The van der Waals surface area contributed by atoms with Crippen LogP contribution in [0.15, 0.2) is 18.0 Å². The van der Waals surface area contributed by atoms with Crippen LogP contribution < -0.4 is 0 Å². The van der Waals surface area contributed by atoms with Crippen molar-refractivity contribution in [1.82, 2.24) is 19.7 Å². The molecule has 1 fully saturated rings. The molecule has 134 valence electrons. The monoisotopic (exact) mass is 334 g/mol. The number of ether oxygens (including phenoxy) is 1. The van der Waals surface area contributed by atoms with E-state index < -0.39 is 6.10 Å². The Morgan fingerprint density at radius 2 is 2.29 bits per heavy atom. The van der Waals surface area contributed by atoms with Gasteiger partial charge in [0, 0.05) is 13.6 Å². The molecule has 0 amide bonds. The first-order valence-electron chi connectivity index (χ1n) is 8.84. The average Bonchev–Trinajstić information content (AvgIpc) is 2.92. The Labute approximate surface area is 144 Å². The number of nitrogens with zero attached hydrogens (tertiary/aromatic N) is 4. The van der Waals surface area contributed by atoms with Gasteiger partial charge in [0.2, 0.25) is 0 Å². The van der Waals surface area contributed by atoms with Crippen molar-refractivity contribution in [3.05, 3.63) is 23.8 Å². The lowest BCUT2D eigenvalue weighted by molar-refractivity contribution is -0.0258. The molecule has 0 radical (unpaired) electrons. The maximum atomic E-state index is 10.2. The lowest BCUT2D eigenvalue weighted by Crippen LogP contribution is -2.48. The number of aliphatic hydroxyl groups is 1. The molecule has 1 heterocycles. The summed E-state index contributed by atoms with van der Waals surface area (Å²) in [4.78, 5) is 6.24. The van der Waals surface area contributed by atoms with Gasteiger partial charge in [-0.25, -0.2) is 4.98 Å². The summed E-state index contributed by atoms with van der Waals surface area (Å²) in [6.07, 6.45) is 5.91. The Morgan fingerprint density at radius 1 is 1.50 bits per heavy atom. The van der Waals surface area contributed by atoms with Gasteiger partial charge in [-0.15, -0.1) is 0 Å². The molecule has 0 saturated heterocycles. The standard InChI is InChI=1S/C18H30N4O2/c1-18(2)14-6-5-13(16(18)7-14)10-24-11-15(23)8-21(3)9-17-19-12-20-22(17)4/h5,12,14-16,23H,6-11H2,1-4H3. The molecule has 6 heteroatoms. The summed E-state index contributed by atoms with van der Waals surface area (Å²) in [5.41, 5.74) is 1.87. The molecule has 1 N–H and O–H groups in total. The highest BCUT2D eigenvalue weighted by atomic mass is 16.5. The van der Waals surface area contributed by atoms with Crippen molar-refractivity contribution in [3.63, 3.8) is 0 Å². The molecule has 0 aromatic carbocycles. The van der Waals surface area contributed by atoms with Crippen LogP contribution in [0.25, 0.3) is 0 Å². The highest BCUT2D eigenvalue weighted by molar-refractivity contribution is 5.23. The van der Waals surface area contributed by atoms with Gasteiger partial charge in [-0.2, -0.15) is 5.10 Å². The number of aromatic nitrogens is 3. The summed E-state index contributed by atoms with van der Waals surface area (Å²) in [5.74, 6) is 2.41. The van der Waals surface area contributed by atoms with E-state index >= 15 is 0 Å². The zero-order valence-corrected chi connectivity index (χ0v) is 15.3. The second-order valence-electron chi connectivity index (χ2n) is 7.99. The number of hydrogen-bond donors (Lipinski definition) is 1. The molecule has 1 aromatic heterocycles. The SMILES string of the molecule is CN(Cc1ncnn1C)CC(O)COCC1=CCC2CC1C2(C)C. The number of likely N-dealkylation sites (N-methyl/N-ethyl adjacent to an activating group) is 1. The molecule has 3 aliphatic rings. The Morgan fingerprint density at radius 3 is 2.92 bits per heavy atom. The normalized spacial score (nSPS) is 26.2. The molecular formula is C18H30N4O2. The average molecular weight is 334 g/mol. The summed E-state index contributed by atoms with van der Waals surface area (Å²) in [7, 11) is 3.85.